The molecular weight excluding hydrogens is 298 g/mol. The molecule has 0 aliphatic rings. The van der Waals surface area contributed by atoms with Crippen LogP contribution < -0.4 is 11.1 Å². The number of aryl methyl sites for hydroxylation is 1. The lowest BCUT2D eigenvalue weighted by atomic mass is 10.0. The molecule has 3 nitrogen and oxygen atoms in total. The summed E-state index contributed by atoms with van der Waals surface area (Å²) in [6.45, 7) is 4.48. The quantitative estimate of drug-likeness (QED) is 0.811. The number of amides is 1. The Morgan fingerprint density at radius 2 is 2.00 bits per heavy atom. The summed E-state index contributed by atoms with van der Waals surface area (Å²) in [6.07, 6.45) is 1.10. The highest BCUT2D eigenvalue weighted by atomic mass is 35.5. The van der Waals surface area contributed by atoms with Crippen LogP contribution in [0, 0.1) is 17.6 Å². The minimum atomic E-state index is -0.499. The fraction of sp³-hybridized carbons (Fsp3) is 0.533. The third-order valence-corrected chi connectivity index (χ3v) is 3.03. The van der Waals surface area contributed by atoms with E-state index in [1.807, 2.05) is 0 Å². The van der Waals surface area contributed by atoms with E-state index in [9.17, 15) is 13.6 Å². The molecular formula is C15H23ClF2N2O. The number of carbonyl (C=O) groups excluding carboxylic acids is 1. The summed E-state index contributed by atoms with van der Waals surface area (Å²) in [7, 11) is 0. The van der Waals surface area contributed by atoms with Crippen LogP contribution in [0.25, 0.3) is 0 Å². The summed E-state index contributed by atoms with van der Waals surface area (Å²) in [5.74, 6) is -0.743. The molecule has 0 fully saturated rings. The first-order valence-corrected chi connectivity index (χ1v) is 6.85. The standard InChI is InChI=1S/C15H22F2N2O.ClH/c1-10(2)7-13(9-18)19-15(20)6-3-11-8-12(16)4-5-14(11)17;/h4-5,8,10,13H,3,6-7,9,18H2,1-2H3,(H,19,20);1H. The maximum atomic E-state index is 13.4. The van der Waals surface area contributed by atoms with Gasteiger partial charge >= 0.3 is 0 Å². The third-order valence-electron chi connectivity index (χ3n) is 3.03. The number of hydrogen-bond donors (Lipinski definition) is 2. The summed E-state index contributed by atoms with van der Waals surface area (Å²) >= 11 is 0. The average molecular weight is 321 g/mol. The molecule has 1 unspecified atom stereocenters. The highest BCUT2D eigenvalue weighted by Crippen LogP contribution is 2.12. The van der Waals surface area contributed by atoms with Crippen LogP contribution in [0.4, 0.5) is 8.78 Å². The van der Waals surface area contributed by atoms with Crippen molar-refractivity contribution in [2.45, 2.75) is 39.2 Å². The lowest BCUT2D eigenvalue weighted by Crippen LogP contribution is -2.41. The number of nitrogens with two attached hydrogens (primary N) is 1. The van der Waals surface area contributed by atoms with Crippen molar-refractivity contribution in [3.8, 4) is 0 Å². The molecule has 0 aromatic heterocycles. The van der Waals surface area contributed by atoms with Gasteiger partial charge < -0.3 is 11.1 Å². The fourth-order valence-corrected chi connectivity index (χ4v) is 2.07. The molecule has 1 aromatic carbocycles. The first-order valence-electron chi connectivity index (χ1n) is 6.85. The Balaban J connectivity index is 0.00000400. The van der Waals surface area contributed by atoms with Gasteiger partial charge in [0.05, 0.1) is 0 Å². The maximum Gasteiger partial charge on any atom is 0.220 e. The van der Waals surface area contributed by atoms with E-state index < -0.39 is 11.6 Å². The molecule has 3 N–H and O–H groups in total. The molecule has 0 radical (unpaired) electrons. The number of hydrogen-bond acceptors (Lipinski definition) is 2. The van der Waals surface area contributed by atoms with Crippen LogP contribution in [0.3, 0.4) is 0 Å². The smallest absolute Gasteiger partial charge is 0.220 e. The summed E-state index contributed by atoms with van der Waals surface area (Å²) < 4.78 is 26.4. The summed E-state index contributed by atoms with van der Waals surface area (Å²) in [4.78, 5) is 11.8. The minimum absolute atomic E-state index is 0. The first kappa shape index (κ1) is 19.8. The van der Waals surface area contributed by atoms with E-state index in [-0.39, 0.29) is 42.8 Å². The number of nitrogens with one attached hydrogen (secondary N) is 1. The van der Waals surface area contributed by atoms with E-state index in [2.05, 4.69) is 19.2 Å². The van der Waals surface area contributed by atoms with Gasteiger partial charge in [0.15, 0.2) is 0 Å². The van der Waals surface area contributed by atoms with Gasteiger partial charge in [-0.3, -0.25) is 4.79 Å². The van der Waals surface area contributed by atoms with Crippen LogP contribution >= 0.6 is 12.4 Å². The number of halogens is 3. The molecule has 120 valence electrons. The molecule has 0 spiro atoms. The van der Waals surface area contributed by atoms with E-state index in [1.54, 1.807) is 0 Å². The monoisotopic (exact) mass is 320 g/mol. The molecule has 0 aliphatic carbocycles. The Labute approximate surface area is 130 Å². The lowest BCUT2D eigenvalue weighted by molar-refractivity contribution is -0.121. The molecule has 0 bridgehead atoms. The SMILES string of the molecule is CC(C)CC(CN)NC(=O)CCc1cc(F)ccc1F.Cl. The molecule has 6 heteroatoms. The zero-order valence-electron chi connectivity index (χ0n) is 12.4. The zero-order chi connectivity index (χ0) is 15.1. The molecule has 0 aliphatic heterocycles. The van der Waals surface area contributed by atoms with Gasteiger partial charge in [-0.15, -0.1) is 12.4 Å². The van der Waals surface area contributed by atoms with E-state index in [0.29, 0.717) is 12.5 Å². The van der Waals surface area contributed by atoms with Gasteiger partial charge in [-0.05, 0) is 42.5 Å². The highest BCUT2D eigenvalue weighted by molar-refractivity contribution is 5.85. The topological polar surface area (TPSA) is 55.1 Å². The van der Waals surface area contributed by atoms with Crippen LogP contribution in [0.2, 0.25) is 0 Å². The second-order valence-corrected chi connectivity index (χ2v) is 5.37. The first-order chi connectivity index (χ1) is 9.42. The second kappa shape index (κ2) is 9.68. The Morgan fingerprint density at radius 3 is 2.57 bits per heavy atom. The van der Waals surface area contributed by atoms with Crippen molar-refractivity contribution in [1.29, 1.82) is 0 Å². The Morgan fingerprint density at radius 1 is 1.33 bits per heavy atom. The zero-order valence-corrected chi connectivity index (χ0v) is 13.2. The molecule has 21 heavy (non-hydrogen) atoms. The number of rotatable bonds is 7. The van der Waals surface area contributed by atoms with Crippen molar-refractivity contribution in [2.24, 2.45) is 11.7 Å². The van der Waals surface area contributed by atoms with Crippen molar-refractivity contribution in [1.82, 2.24) is 5.32 Å². The summed E-state index contributed by atoms with van der Waals surface area (Å²) in [5.41, 5.74) is 5.81. The van der Waals surface area contributed by atoms with Crippen LogP contribution in [0.15, 0.2) is 18.2 Å². The van der Waals surface area contributed by atoms with Gasteiger partial charge in [0, 0.05) is 19.0 Å². The van der Waals surface area contributed by atoms with Crippen LogP contribution in [-0.4, -0.2) is 18.5 Å². The van der Waals surface area contributed by atoms with Crippen LogP contribution in [0.1, 0.15) is 32.3 Å². The predicted molar refractivity (Wildman–Crippen MR) is 82.4 cm³/mol. The number of carbonyl (C=O) groups is 1. The molecule has 0 saturated carbocycles. The van der Waals surface area contributed by atoms with Crippen molar-refractivity contribution >= 4 is 18.3 Å². The van der Waals surface area contributed by atoms with Crippen molar-refractivity contribution in [3.05, 3.63) is 35.4 Å². The van der Waals surface area contributed by atoms with Gasteiger partial charge in [0.2, 0.25) is 5.91 Å². The largest absolute Gasteiger partial charge is 0.352 e. The van der Waals surface area contributed by atoms with Gasteiger partial charge in [-0.25, -0.2) is 8.78 Å². The number of benzene rings is 1. The Kier molecular flexibility index (Phi) is 9.13. The van der Waals surface area contributed by atoms with Crippen molar-refractivity contribution in [2.75, 3.05) is 6.54 Å². The van der Waals surface area contributed by atoms with Gasteiger partial charge in [-0.1, -0.05) is 13.8 Å². The van der Waals surface area contributed by atoms with Crippen molar-refractivity contribution in [3.63, 3.8) is 0 Å². The highest BCUT2D eigenvalue weighted by Gasteiger charge is 2.13. The summed E-state index contributed by atoms with van der Waals surface area (Å²) in [5, 5.41) is 2.82. The predicted octanol–water partition coefficient (Wildman–Crippen LogP) is 2.81. The van der Waals surface area contributed by atoms with E-state index >= 15 is 0 Å². The Bertz CT molecular complexity index is 455. The maximum absolute atomic E-state index is 13.4. The van der Waals surface area contributed by atoms with E-state index in [1.165, 1.54) is 0 Å². The van der Waals surface area contributed by atoms with E-state index in [0.717, 1.165) is 24.6 Å². The lowest BCUT2D eigenvalue weighted by Gasteiger charge is -2.18. The molecule has 1 rings (SSSR count). The van der Waals surface area contributed by atoms with Crippen LogP contribution in [0.5, 0.6) is 0 Å². The third kappa shape index (κ3) is 7.39. The molecule has 0 heterocycles. The molecule has 1 atom stereocenters. The second-order valence-electron chi connectivity index (χ2n) is 5.37. The molecule has 0 saturated heterocycles. The van der Waals surface area contributed by atoms with Gasteiger partial charge in [-0.2, -0.15) is 0 Å². The Hall–Kier alpha value is -1.20. The fourth-order valence-electron chi connectivity index (χ4n) is 2.07. The minimum Gasteiger partial charge on any atom is -0.352 e. The van der Waals surface area contributed by atoms with E-state index in [4.69, 9.17) is 5.73 Å². The molecule has 1 aromatic rings. The van der Waals surface area contributed by atoms with Crippen LogP contribution in [-0.2, 0) is 11.2 Å². The normalized spacial score (nSPS) is 11.9. The average Bonchev–Trinajstić information content (AvgIpc) is 2.38. The summed E-state index contributed by atoms with van der Waals surface area (Å²) in [6, 6.07) is 3.19. The van der Waals surface area contributed by atoms with Crippen molar-refractivity contribution < 1.29 is 13.6 Å². The molecule has 1 amide bonds. The van der Waals surface area contributed by atoms with Gasteiger partial charge in [0.25, 0.3) is 0 Å². The van der Waals surface area contributed by atoms with Gasteiger partial charge in [0.1, 0.15) is 11.6 Å².